The fraction of sp³-hybridized carbons (Fsp3) is 0.209. The second-order valence-corrected chi connectivity index (χ2v) is 15.9. The van der Waals surface area contributed by atoms with Gasteiger partial charge in [0.05, 0.1) is 12.2 Å². The number of hydrogen-bond acceptors (Lipinski definition) is 7. The molecular formula is C43H40NO6P. The van der Waals surface area contributed by atoms with E-state index >= 15 is 4.57 Å². The summed E-state index contributed by atoms with van der Waals surface area (Å²) in [5, 5.41) is 3.40. The van der Waals surface area contributed by atoms with Gasteiger partial charge in [-0.25, -0.2) is 0 Å². The highest BCUT2D eigenvalue weighted by molar-refractivity contribution is 8.01. The van der Waals surface area contributed by atoms with Crippen LogP contribution in [0.15, 0.2) is 91.0 Å². The van der Waals surface area contributed by atoms with Crippen LogP contribution in [0.5, 0.6) is 5.75 Å². The number of carbonyl (C=O) groups is 4. The summed E-state index contributed by atoms with van der Waals surface area (Å²) >= 11 is 0. The average Bonchev–Trinajstić information content (AvgIpc) is 3.09. The van der Waals surface area contributed by atoms with Gasteiger partial charge in [0.25, 0.3) is 0 Å². The van der Waals surface area contributed by atoms with Gasteiger partial charge >= 0.3 is 0 Å². The summed E-state index contributed by atoms with van der Waals surface area (Å²) in [5.41, 5.74) is 5.91. The number of ketones is 2. The van der Waals surface area contributed by atoms with Crippen molar-refractivity contribution in [2.75, 3.05) is 18.5 Å². The molecule has 6 rings (SSSR count). The van der Waals surface area contributed by atoms with Gasteiger partial charge in [-0.05, 0) is 88.4 Å². The van der Waals surface area contributed by atoms with Crippen LogP contribution in [0.1, 0.15) is 92.4 Å². The molecule has 0 amide bonds. The van der Waals surface area contributed by atoms with Crippen LogP contribution >= 0.6 is 7.14 Å². The highest BCUT2D eigenvalue weighted by Crippen LogP contribution is 2.53. The standard InChI is InChI=1S/C43H40NO6P/c1-25-20-27(3)37(28(4)21-25)42(47)51(49,43(48)38-29(5)22-26(2)23-30(38)6)32-13-9-12-31(24-32)50-19-11-18-44-36-17-10-16-35-39(36)41(46)34-15-8-7-14-33(34)40(35)45/h7-10,12-17,20-24,44H,11,18-19H2,1-6H3. The maximum absolute atomic E-state index is 15.3. The number of benzene rings is 5. The molecule has 1 aliphatic carbocycles. The van der Waals surface area contributed by atoms with Crippen molar-refractivity contribution < 1.29 is 28.5 Å². The molecule has 7 nitrogen and oxygen atoms in total. The van der Waals surface area contributed by atoms with Crippen molar-refractivity contribution in [2.24, 2.45) is 0 Å². The van der Waals surface area contributed by atoms with Gasteiger partial charge in [0.2, 0.25) is 18.2 Å². The van der Waals surface area contributed by atoms with E-state index in [0.29, 0.717) is 80.0 Å². The van der Waals surface area contributed by atoms with Gasteiger partial charge in [0, 0.05) is 45.4 Å². The number of hydrogen-bond donors (Lipinski definition) is 1. The Hall–Kier alpha value is -5.39. The summed E-state index contributed by atoms with van der Waals surface area (Å²) in [5.74, 6) is -0.00356. The normalized spacial score (nSPS) is 12.3. The molecule has 0 spiro atoms. The van der Waals surface area contributed by atoms with Crippen LogP contribution < -0.4 is 15.4 Å². The summed E-state index contributed by atoms with van der Waals surface area (Å²) in [6.45, 7) is 11.8. The average molecular weight is 698 g/mol. The minimum atomic E-state index is -4.42. The molecule has 5 aromatic carbocycles. The molecule has 1 N–H and O–H groups in total. The Labute approximate surface area is 298 Å². The van der Waals surface area contributed by atoms with Crippen molar-refractivity contribution in [3.8, 4) is 5.75 Å². The zero-order valence-corrected chi connectivity index (χ0v) is 30.6. The molecule has 0 saturated carbocycles. The Kier molecular flexibility index (Phi) is 9.79. The highest BCUT2D eigenvalue weighted by Gasteiger charge is 2.45. The van der Waals surface area contributed by atoms with Crippen molar-refractivity contribution >= 4 is 40.7 Å². The number of nitrogens with one attached hydrogen (secondary N) is 1. The van der Waals surface area contributed by atoms with E-state index in [1.807, 2.05) is 38.1 Å². The highest BCUT2D eigenvalue weighted by atomic mass is 31.2. The van der Waals surface area contributed by atoms with Crippen LogP contribution in [0.2, 0.25) is 0 Å². The van der Waals surface area contributed by atoms with Crippen LogP contribution in [0.25, 0.3) is 0 Å². The molecule has 0 bridgehead atoms. The van der Waals surface area contributed by atoms with Gasteiger partial charge in [0.15, 0.2) is 11.6 Å². The van der Waals surface area contributed by atoms with E-state index in [1.165, 1.54) is 6.07 Å². The molecule has 5 aromatic rings. The number of anilines is 1. The monoisotopic (exact) mass is 697 g/mol. The molecule has 0 fully saturated rings. The molecule has 0 unspecified atom stereocenters. The van der Waals surface area contributed by atoms with E-state index in [4.69, 9.17) is 4.74 Å². The lowest BCUT2D eigenvalue weighted by atomic mass is 9.83. The molecular weight excluding hydrogens is 657 g/mol. The smallest absolute Gasteiger partial charge is 0.248 e. The largest absolute Gasteiger partial charge is 0.494 e. The van der Waals surface area contributed by atoms with E-state index in [0.717, 1.165) is 11.1 Å². The third-order valence-corrected chi connectivity index (χ3v) is 12.0. The maximum atomic E-state index is 15.3. The Balaban J connectivity index is 1.24. The molecule has 0 radical (unpaired) electrons. The summed E-state index contributed by atoms with van der Waals surface area (Å²) in [4.78, 5) is 55.5. The van der Waals surface area contributed by atoms with E-state index in [9.17, 15) is 19.2 Å². The minimum absolute atomic E-state index is 0.117. The Morgan fingerprint density at radius 1 is 0.627 bits per heavy atom. The molecule has 0 saturated heterocycles. The maximum Gasteiger partial charge on any atom is 0.248 e. The molecule has 8 heteroatoms. The fourth-order valence-corrected chi connectivity index (χ4v) is 9.82. The second-order valence-electron chi connectivity index (χ2n) is 13.3. The molecule has 0 aromatic heterocycles. The van der Waals surface area contributed by atoms with E-state index in [-0.39, 0.29) is 23.5 Å². The fourth-order valence-electron chi connectivity index (χ4n) is 7.22. The lowest BCUT2D eigenvalue weighted by Crippen LogP contribution is -2.23. The quantitative estimate of drug-likeness (QED) is 0.107. The summed E-state index contributed by atoms with van der Waals surface area (Å²) in [6.07, 6.45) is 0.519. The first kappa shape index (κ1) is 35.4. The zero-order chi connectivity index (χ0) is 36.6. The van der Waals surface area contributed by atoms with Gasteiger partial charge in [-0.1, -0.05) is 83.9 Å². The minimum Gasteiger partial charge on any atom is -0.494 e. The molecule has 1 aliphatic rings. The Bertz CT molecular complexity index is 2200. The second kappa shape index (κ2) is 14.1. The molecule has 0 aliphatic heterocycles. The predicted molar refractivity (Wildman–Crippen MR) is 202 cm³/mol. The van der Waals surface area contributed by atoms with Gasteiger partial charge in [-0.15, -0.1) is 0 Å². The van der Waals surface area contributed by atoms with Crippen molar-refractivity contribution in [1.82, 2.24) is 0 Å². The lowest BCUT2D eigenvalue weighted by molar-refractivity contribution is 0.0979. The summed E-state index contributed by atoms with van der Waals surface area (Å²) < 4.78 is 21.4. The van der Waals surface area contributed by atoms with Crippen molar-refractivity contribution in [3.63, 3.8) is 0 Å². The van der Waals surface area contributed by atoms with Crippen LogP contribution in [-0.2, 0) is 4.57 Å². The van der Waals surface area contributed by atoms with Crippen LogP contribution in [0, 0.1) is 41.5 Å². The molecule has 51 heavy (non-hydrogen) atoms. The lowest BCUT2D eigenvalue weighted by Gasteiger charge is -2.22. The molecule has 0 atom stereocenters. The van der Waals surface area contributed by atoms with Gasteiger partial charge in [-0.3, -0.25) is 19.2 Å². The molecule has 258 valence electrons. The van der Waals surface area contributed by atoms with Crippen LogP contribution in [0.3, 0.4) is 0 Å². The number of ether oxygens (including phenoxy) is 1. The summed E-state index contributed by atoms with van der Waals surface area (Å²) in [6, 6.07) is 26.0. The van der Waals surface area contributed by atoms with E-state index < -0.39 is 18.2 Å². The topological polar surface area (TPSA) is 107 Å². The Morgan fingerprint density at radius 3 is 1.71 bits per heavy atom. The van der Waals surface area contributed by atoms with Crippen LogP contribution in [-0.4, -0.2) is 35.8 Å². The molecule has 0 heterocycles. The number of rotatable bonds is 11. The first-order valence-electron chi connectivity index (χ1n) is 17.0. The third kappa shape index (κ3) is 6.50. The number of fused-ring (bicyclic) bond motifs is 2. The number of carbonyl (C=O) groups excluding carboxylic acids is 4. The Morgan fingerprint density at radius 2 is 1.14 bits per heavy atom. The summed E-state index contributed by atoms with van der Waals surface area (Å²) in [7, 11) is -4.42. The SMILES string of the molecule is Cc1cc(C)c(C(=O)P(=O)(C(=O)c2c(C)cc(C)cc2C)c2cccc(OCCCNc3cccc4c3C(=O)c3ccccc3C4=O)c2)c(C)c1. The van der Waals surface area contributed by atoms with Crippen molar-refractivity contribution in [2.45, 2.75) is 48.0 Å². The number of aryl methyl sites for hydroxylation is 6. The zero-order valence-electron chi connectivity index (χ0n) is 29.7. The van der Waals surface area contributed by atoms with E-state index in [2.05, 4.69) is 5.32 Å². The first-order valence-corrected chi connectivity index (χ1v) is 18.7. The van der Waals surface area contributed by atoms with E-state index in [1.54, 1.807) is 88.4 Å². The van der Waals surface area contributed by atoms with Crippen molar-refractivity contribution in [1.29, 1.82) is 0 Å². The predicted octanol–water partition coefficient (Wildman–Crippen LogP) is 8.86. The van der Waals surface area contributed by atoms with Gasteiger partial charge in [0.1, 0.15) is 5.75 Å². The third-order valence-electron chi connectivity index (χ3n) is 9.39. The van der Waals surface area contributed by atoms with Gasteiger partial charge in [-0.2, -0.15) is 0 Å². The van der Waals surface area contributed by atoms with Crippen LogP contribution in [0.4, 0.5) is 5.69 Å². The first-order chi connectivity index (χ1) is 24.3. The van der Waals surface area contributed by atoms with Crippen molar-refractivity contribution in [3.05, 3.63) is 158 Å². The van der Waals surface area contributed by atoms with Gasteiger partial charge < -0.3 is 14.6 Å².